The van der Waals surface area contributed by atoms with Crippen LogP contribution in [0.2, 0.25) is 5.02 Å². The Kier molecular flexibility index (Phi) is 3.56. The molecule has 1 atom stereocenters. The van der Waals surface area contributed by atoms with Crippen molar-refractivity contribution in [3.8, 4) is 0 Å². The second-order valence-corrected chi connectivity index (χ2v) is 6.17. The Morgan fingerprint density at radius 3 is 3.09 bits per heavy atom. The topological polar surface area (TPSA) is 51.2 Å². The SMILES string of the molecule is Clc1ccc2nc(CN3CCCC3Cn3cncn3)cn2c1. The van der Waals surface area contributed by atoms with Gasteiger partial charge in [0.2, 0.25) is 0 Å². The van der Waals surface area contributed by atoms with Crippen LogP contribution in [0, 0.1) is 0 Å². The molecule has 0 N–H and O–H groups in total. The van der Waals surface area contributed by atoms with Gasteiger partial charge in [0.25, 0.3) is 0 Å². The predicted octanol–water partition coefficient (Wildman–Crippen LogP) is 2.24. The van der Waals surface area contributed by atoms with Gasteiger partial charge < -0.3 is 4.40 Å². The molecule has 1 unspecified atom stereocenters. The quantitative estimate of drug-likeness (QED) is 0.741. The monoisotopic (exact) mass is 316 g/mol. The summed E-state index contributed by atoms with van der Waals surface area (Å²) in [6.45, 7) is 2.85. The van der Waals surface area contributed by atoms with E-state index in [1.165, 1.54) is 12.8 Å². The van der Waals surface area contributed by atoms with Crippen molar-refractivity contribution in [3.63, 3.8) is 0 Å². The van der Waals surface area contributed by atoms with E-state index in [1.54, 1.807) is 12.7 Å². The number of rotatable bonds is 4. The fourth-order valence-electron chi connectivity index (χ4n) is 3.15. The molecule has 0 radical (unpaired) electrons. The van der Waals surface area contributed by atoms with Gasteiger partial charge in [0.05, 0.1) is 17.3 Å². The number of aromatic nitrogens is 5. The molecule has 1 saturated heterocycles. The first-order valence-electron chi connectivity index (χ1n) is 7.47. The van der Waals surface area contributed by atoms with E-state index in [2.05, 4.69) is 26.2 Å². The Morgan fingerprint density at radius 1 is 1.27 bits per heavy atom. The summed E-state index contributed by atoms with van der Waals surface area (Å²) in [5.41, 5.74) is 2.01. The molecule has 0 aromatic carbocycles. The molecule has 0 saturated carbocycles. The lowest BCUT2D eigenvalue weighted by Crippen LogP contribution is -2.32. The van der Waals surface area contributed by atoms with E-state index in [-0.39, 0.29) is 0 Å². The minimum atomic E-state index is 0.495. The van der Waals surface area contributed by atoms with E-state index in [9.17, 15) is 0 Å². The second kappa shape index (κ2) is 5.70. The molecule has 6 nitrogen and oxygen atoms in total. The molecule has 0 aliphatic carbocycles. The molecule has 1 aliphatic heterocycles. The number of likely N-dealkylation sites (tertiary alicyclic amines) is 1. The van der Waals surface area contributed by atoms with Crippen LogP contribution in [-0.2, 0) is 13.1 Å². The molecule has 0 bridgehead atoms. The molecular formula is C15H17ClN6. The van der Waals surface area contributed by atoms with Gasteiger partial charge in [0, 0.05) is 25.0 Å². The Hall–Kier alpha value is -1.92. The van der Waals surface area contributed by atoms with Crippen LogP contribution in [0.1, 0.15) is 18.5 Å². The summed E-state index contributed by atoms with van der Waals surface area (Å²) >= 11 is 6.03. The molecule has 3 aromatic heterocycles. The largest absolute Gasteiger partial charge is 0.305 e. The molecule has 3 aromatic rings. The minimum absolute atomic E-state index is 0.495. The molecule has 4 rings (SSSR count). The summed E-state index contributed by atoms with van der Waals surface area (Å²) in [5.74, 6) is 0. The summed E-state index contributed by atoms with van der Waals surface area (Å²) in [5, 5.41) is 4.93. The van der Waals surface area contributed by atoms with Crippen LogP contribution in [0.4, 0.5) is 0 Å². The predicted molar refractivity (Wildman–Crippen MR) is 83.7 cm³/mol. The first kappa shape index (κ1) is 13.7. The Balaban J connectivity index is 1.50. The average molecular weight is 317 g/mol. The van der Waals surface area contributed by atoms with E-state index in [1.807, 2.05) is 27.4 Å². The van der Waals surface area contributed by atoms with Crippen molar-refractivity contribution in [1.29, 1.82) is 0 Å². The highest BCUT2D eigenvalue weighted by atomic mass is 35.5. The van der Waals surface area contributed by atoms with Crippen molar-refractivity contribution >= 4 is 17.2 Å². The molecule has 114 valence electrons. The van der Waals surface area contributed by atoms with Gasteiger partial charge in [0.1, 0.15) is 18.3 Å². The van der Waals surface area contributed by atoms with E-state index in [0.717, 1.165) is 36.0 Å². The van der Waals surface area contributed by atoms with Crippen molar-refractivity contribution < 1.29 is 0 Å². The highest BCUT2D eigenvalue weighted by molar-refractivity contribution is 6.30. The molecular weight excluding hydrogens is 300 g/mol. The summed E-state index contributed by atoms with van der Waals surface area (Å²) < 4.78 is 3.90. The van der Waals surface area contributed by atoms with Gasteiger partial charge in [-0.25, -0.2) is 9.97 Å². The van der Waals surface area contributed by atoms with Gasteiger partial charge in [-0.05, 0) is 31.5 Å². The van der Waals surface area contributed by atoms with Gasteiger partial charge in [-0.3, -0.25) is 9.58 Å². The number of pyridine rings is 1. The highest BCUT2D eigenvalue weighted by Gasteiger charge is 2.25. The van der Waals surface area contributed by atoms with E-state index < -0.39 is 0 Å². The molecule has 0 amide bonds. The molecule has 0 spiro atoms. The first-order valence-corrected chi connectivity index (χ1v) is 7.85. The van der Waals surface area contributed by atoms with Crippen LogP contribution >= 0.6 is 11.6 Å². The summed E-state index contributed by atoms with van der Waals surface area (Å²) in [4.78, 5) is 11.2. The van der Waals surface area contributed by atoms with Crippen molar-refractivity contribution in [1.82, 2.24) is 29.0 Å². The maximum Gasteiger partial charge on any atom is 0.137 e. The average Bonchev–Trinajstić information content (AvgIpc) is 3.21. The van der Waals surface area contributed by atoms with E-state index in [4.69, 9.17) is 11.6 Å². The highest BCUT2D eigenvalue weighted by Crippen LogP contribution is 2.21. The van der Waals surface area contributed by atoms with Crippen LogP contribution in [0.15, 0.2) is 37.2 Å². The summed E-state index contributed by atoms with van der Waals surface area (Å²) in [6.07, 6.45) is 9.74. The van der Waals surface area contributed by atoms with Gasteiger partial charge in [-0.15, -0.1) is 0 Å². The molecule has 22 heavy (non-hydrogen) atoms. The third kappa shape index (κ3) is 2.71. The summed E-state index contributed by atoms with van der Waals surface area (Å²) in [6, 6.07) is 4.31. The van der Waals surface area contributed by atoms with Crippen molar-refractivity contribution in [2.24, 2.45) is 0 Å². The zero-order valence-electron chi connectivity index (χ0n) is 12.1. The van der Waals surface area contributed by atoms with Crippen LogP contribution in [0.25, 0.3) is 5.65 Å². The van der Waals surface area contributed by atoms with Crippen molar-refractivity contribution in [2.45, 2.75) is 32.0 Å². The smallest absolute Gasteiger partial charge is 0.137 e. The lowest BCUT2D eigenvalue weighted by atomic mass is 10.2. The number of nitrogens with zero attached hydrogens (tertiary/aromatic N) is 6. The molecule has 4 heterocycles. The number of fused-ring (bicyclic) bond motifs is 1. The van der Waals surface area contributed by atoms with Crippen LogP contribution in [-0.4, -0.2) is 41.6 Å². The molecule has 7 heteroatoms. The third-order valence-electron chi connectivity index (χ3n) is 4.19. The van der Waals surface area contributed by atoms with Crippen molar-refractivity contribution in [2.75, 3.05) is 6.54 Å². The van der Waals surface area contributed by atoms with E-state index >= 15 is 0 Å². The maximum absolute atomic E-state index is 6.03. The zero-order valence-corrected chi connectivity index (χ0v) is 12.9. The third-order valence-corrected chi connectivity index (χ3v) is 4.42. The van der Waals surface area contributed by atoms with Gasteiger partial charge in [-0.2, -0.15) is 5.10 Å². The Labute approximate surface area is 133 Å². The summed E-state index contributed by atoms with van der Waals surface area (Å²) in [7, 11) is 0. The van der Waals surface area contributed by atoms with E-state index in [0.29, 0.717) is 6.04 Å². The maximum atomic E-state index is 6.03. The molecule has 1 aliphatic rings. The normalized spacial score (nSPS) is 19.2. The second-order valence-electron chi connectivity index (χ2n) is 5.73. The lowest BCUT2D eigenvalue weighted by molar-refractivity contribution is 0.217. The Morgan fingerprint density at radius 2 is 2.23 bits per heavy atom. The number of hydrogen-bond acceptors (Lipinski definition) is 4. The molecule has 1 fully saturated rings. The first-order chi connectivity index (χ1) is 10.8. The van der Waals surface area contributed by atoms with Crippen LogP contribution in [0.5, 0.6) is 0 Å². The van der Waals surface area contributed by atoms with Crippen LogP contribution < -0.4 is 0 Å². The fraction of sp³-hybridized carbons (Fsp3) is 0.400. The van der Waals surface area contributed by atoms with Gasteiger partial charge in [-0.1, -0.05) is 11.6 Å². The van der Waals surface area contributed by atoms with Crippen molar-refractivity contribution in [3.05, 3.63) is 47.9 Å². The number of imidazole rings is 1. The fourth-order valence-corrected chi connectivity index (χ4v) is 3.32. The Bertz CT molecular complexity index is 766. The number of hydrogen-bond donors (Lipinski definition) is 0. The lowest BCUT2D eigenvalue weighted by Gasteiger charge is -2.23. The minimum Gasteiger partial charge on any atom is -0.305 e. The zero-order chi connectivity index (χ0) is 14.9. The van der Waals surface area contributed by atoms with Gasteiger partial charge in [0.15, 0.2) is 0 Å². The number of halogens is 1. The van der Waals surface area contributed by atoms with Gasteiger partial charge >= 0.3 is 0 Å². The standard InChI is InChI=1S/C15H17ClN6/c16-12-3-4-15-19-13(8-21(15)6-12)7-20-5-1-2-14(20)9-22-11-17-10-18-22/h3-4,6,8,10-11,14H,1-2,5,7,9H2. The van der Waals surface area contributed by atoms with Crippen LogP contribution in [0.3, 0.4) is 0 Å².